The predicted molar refractivity (Wildman–Crippen MR) is 113 cm³/mol. The number of esters is 1. The van der Waals surface area contributed by atoms with Crippen LogP contribution in [0.3, 0.4) is 0 Å². The van der Waals surface area contributed by atoms with Gasteiger partial charge in [0.25, 0.3) is 0 Å². The molecule has 7 rings (SSSR count). The van der Waals surface area contributed by atoms with Crippen LogP contribution in [0.4, 0.5) is 5.82 Å². The molecular formula is C24H19N3O6. The van der Waals surface area contributed by atoms with Gasteiger partial charge in [-0.05, 0) is 41.0 Å². The van der Waals surface area contributed by atoms with Gasteiger partial charge in [-0.2, -0.15) is 0 Å². The lowest BCUT2D eigenvalue weighted by molar-refractivity contribution is -0.141. The van der Waals surface area contributed by atoms with Crippen molar-refractivity contribution in [2.24, 2.45) is 11.8 Å². The fraction of sp³-hybridized carbons (Fsp3) is 0.292. The zero-order valence-electron chi connectivity index (χ0n) is 17.4. The summed E-state index contributed by atoms with van der Waals surface area (Å²) in [6, 6.07) is 9.62. The smallest absolute Gasteiger partial charge is 0.310 e. The second kappa shape index (κ2) is 6.99. The molecule has 4 atom stereocenters. The van der Waals surface area contributed by atoms with Crippen LogP contribution >= 0.6 is 0 Å². The van der Waals surface area contributed by atoms with E-state index in [1.54, 1.807) is 18.6 Å². The number of carbonyl (C=O) groups is 1. The summed E-state index contributed by atoms with van der Waals surface area (Å²) >= 11 is 0. The van der Waals surface area contributed by atoms with Gasteiger partial charge >= 0.3 is 5.97 Å². The average molecular weight is 445 g/mol. The minimum absolute atomic E-state index is 0.109. The van der Waals surface area contributed by atoms with Crippen molar-refractivity contribution >= 4 is 11.8 Å². The monoisotopic (exact) mass is 445 g/mol. The van der Waals surface area contributed by atoms with Crippen LogP contribution in [0.5, 0.6) is 23.0 Å². The number of hydrogen-bond acceptors (Lipinski definition) is 9. The highest BCUT2D eigenvalue weighted by Gasteiger charge is 2.52. The average Bonchev–Trinajstić information content (AvgIpc) is 3.58. The van der Waals surface area contributed by atoms with Gasteiger partial charge in [0.15, 0.2) is 23.0 Å². The van der Waals surface area contributed by atoms with Gasteiger partial charge in [0.05, 0.1) is 24.8 Å². The fourth-order valence-electron chi connectivity index (χ4n) is 5.39. The Kier molecular flexibility index (Phi) is 3.93. The van der Waals surface area contributed by atoms with Crippen LogP contribution in [0.25, 0.3) is 0 Å². The first-order valence-electron chi connectivity index (χ1n) is 10.8. The molecule has 2 aromatic carbocycles. The maximum atomic E-state index is 13.1. The lowest BCUT2D eigenvalue weighted by Crippen LogP contribution is -2.37. The van der Waals surface area contributed by atoms with Crippen LogP contribution in [-0.2, 0) is 9.53 Å². The molecule has 0 bridgehead atoms. The highest BCUT2D eigenvalue weighted by atomic mass is 16.7. The number of nitrogens with zero attached hydrogens (tertiary/aromatic N) is 2. The first-order valence-corrected chi connectivity index (χ1v) is 10.8. The molecule has 4 aliphatic rings. The summed E-state index contributed by atoms with van der Waals surface area (Å²) in [6.45, 7) is 0.678. The summed E-state index contributed by atoms with van der Waals surface area (Å²) in [4.78, 5) is 21.6. The Labute approximate surface area is 188 Å². The van der Waals surface area contributed by atoms with E-state index >= 15 is 0 Å². The largest absolute Gasteiger partial charge is 0.465 e. The van der Waals surface area contributed by atoms with Gasteiger partial charge in [-0.25, -0.2) is 4.98 Å². The van der Waals surface area contributed by atoms with Gasteiger partial charge in [-0.1, -0.05) is 6.07 Å². The van der Waals surface area contributed by atoms with E-state index in [0.29, 0.717) is 35.4 Å². The number of ether oxygens (including phenoxy) is 5. The van der Waals surface area contributed by atoms with Crippen molar-refractivity contribution in [2.75, 3.05) is 25.5 Å². The first-order chi connectivity index (χ1) is 16.3. The van der Waals surface area contributed by atoms with Crippen molar-refractivity contribution in [2.45, 2.75) is 12.0 Å². The molecule has 1 N–H and O–H groups in total. The minimum Gasteiger partial charge on any atom is -0.465 e. The zero-order chi connectivity index (χ0) is 21.9. The molecule has 1 aliphatic carbocycles. The third-order valence-electron chi connectivity index (χ3n) is 6.81. The normalized spacial score (nSPS) is 25.9. The van der Waals surface area contributed by atoms with Gasteiger partial charge in [0.1, 0.15) is 5.82 Å². The van der Waals surface area contributed by atoms with Crippen molar-refractivity contribution < 1.29 is 28.5 Å². The number of anilines is 1. The maximum absolute atomic E-state index is 13.1. The number of hydrogen-bond donors (Lipinski definition) is 1. The number of benzene rings is 2. The van der Waals surface area contributed by atoms with Gasteiger partial charge in [-0.3, -0.25) is 9.78 Å². The summed E-state index contributed by atoms with van der Waals surface area (Å²) in [5, 5.41) is 3.49. The molecule has 166 valence electrons. The molecule has 1 saturated heterocycles. The van der Waals surface area contributed by atoms with E-state index in [1.165, 1.54) is 0 Å². The van der Waals surface area contributed by atoms with Gasteiger partial charge in [0.2, 0.25) is 13.6 Å². The predicted octanol–water partition coefficient (Wildman–Crippen LogP) is 3.02. The molecule has 9 heteroatoms. The van der Waals surface area contributed by atoms with Crippen LogP contribution in [0.15, 0.2) is 48.9 Å². The van der Waals surface area contributed by atoms with Crippen LogP contribution in [0, 0.1) is 11.8 Å². The Morgan fingerprint density at radius 1 is 0.848 bits per heavy atom. The van der Waals surface area contributed by atoms with Crippen molar-refractivity contribution in [1.29, 1.82) is 0 Å². The molecule has 0 spiro atoms. The molecule has 0 radical (unpaired) electrons. The van der Waals surface area contributed by atoms with Crippen molar-refractivity contribution in [3.63, 3.8) is 0 Å². The van der Waals surface area contributed by atoms with Crippen LogP contribution in [0.1, 0.15) is 28.7 Å². The molecule has 33 heavy (non-hydrogen) atoms. The summed E-state index contributed by atoms with van der Waals surface area (Å²) in [5.41, 5.74) is 2.97. The maximum Gasteiger partial charge on any atom is 0.310 e. The van der Waals surface area contributed by atoms with Gasteiger partial charge in [-0.15, -0.1) is 0 Å². The summed E-state index contributed by atoms with van der Waals surface area (Å²) in [5.74, 6) is 2.43. The Morgan fingerprint density at radius 3 is 2.39 bits per heavy atom. The number of nitrogens with one attached hydrogen (secondary N) is 1. The second-order valence-corrected chi connectivity index (χ2v) is 8.46. The van der Waals surface area contributed by atoms with Crippen molar-refractivity contribution in [3.05, 3.63) is 65.6 Å². The lowest BCUT2D eigenvalue weighted by Gasteiger charge is -2.39. The highest BCUT2D eigenvalue weighted by molar-refractivity contribution is 5.79. The molecule has 0 amide bonds. The molecular weight excluding hydrogens is 426 g/mol. The third-order valence-corrected chi connectivity index (χ3v) is 6.81. The number of rotatable bonds is 3. The molecule has 3 aromatic rings. The quantitative estimate of drug-likeness (QED) is 0.610. The van der Waals surface area contributed by atoms with E-state index in [-0.39, 0.29) is 43.4 Å². The molecule has 9 nitrogen and oxygen atoms in total. The Balaban J connectivity index is 1.41. The standard InChI is InChI=1S/C24H19N3O6/c28-24-22-15(9-29-24)23(27-20-8-25-3-4-26-20)14-7-19-18(32-11-33-19)6-13(14)21(22)12-1-2-16-17(5-12)31-10-30-16/h1-8,15,21-23H,9-11H2,(H,26,27)/t15-,21-,22-,23+/m0/s1. The summed E-state index contributed by atoms with van der Waals surface area (Å²) in [7, 11) is 0. The SMILES string of the molecule is O=C1OC[C@H]2[C@H]1[C@@H](c1ccc3c(c1)OCO3)c1cc3c(cc1[C@H]2Nc1cnccn1)OCO3. The Hall–Kier alpha value is -4.01. The lowest BCUT2D eigenvalue weighted by atomic mass is 9.65. The second-order valence-electron chi connectivity index (χ2n) is 8.46. The fourth-order valence-corrected chi connectivity index (χ4v) is 5.39. The van der Waals surface area contributed by atoms with E-state index < -0.39 is 0 Å². The number of fused-ring (bicyclic) bond motifs is 4. The van der Waals surface area contributed by atoms with Crippen molar-refractivity contribution in [1.82, 2.24) is 9.97 Å². The van der Waals surface area contributed by atoms with E-state index in [1.807, 2.05) is 30.3 Å². The molecule has 3 aliphatic heterocycles. The minimum atomic E-state index is -0.382. The molecule has 0 saturated carbocycles. The van der Waals surface area contributed by atoms with E-state index in [0.717, 1.165) is 16.7 Å². The van der Waals surface area contributed by atoms with Gasteiger partial charge < -0.3 is 29.0 Å². The molecule has 1 aromatic heterocycles. The van der Waals surface area contributed by atoms with Gasteiger partial charge in [0, 0.05) is 24.2 Å². The van der Waals surface area contributed by atoms with Crippen LogP contribution in [-0.4, -0.2) is 36.1 Å². The number of cyclic esters (lactones) is 1. The van der Waals surface area contributed by atoms with Crippen LogP contribution < -0.4 is 24.3 Å². The molecule has 0 unspecified atom stereocenters. The Morgan fingerprint density at radius 2 is 1.61 bits per heavy atom. The first kappa shape index (κ1) is 18.6. The topological polar surface area (TPSA) is 101 Å². The van der Waals surface area contributed by atoms with Crippen LogP contribution in [0.2, 0.25) is 0 Å². The summed E-state index contributed by atoms with van der Waals surface area (Å²) in [6.07, 6.45) is 4.93. The molecule has 1 fully saturated rings. The Bertz CT molecular complexity index is 1270. The summed E-state index contributed by atoms with van der Waals surface area (Å²) < 4.78 is 28.1. The van der Waals surface area contributed by atoms with E-state index in [2.05, 4.69) is 15.3 Å². The highest BCUT2D eigenvalue weighted by Crippen LogP contribution is 2.55. The van der Waals surface area contributed by atoms with E-state index in [4.69, 9.17) is 23.7 Å². The zero-order valence-corrected chi connectivity index (χ0v) is 17.4. The van der Waals surface area contributed by atoms with E-state index in [9.17, 15) is 4.79 Å². The molecule has 4 heterocycles. The number of carbonyl (C=O) groups excluding carboxylic acids is 1. The number of aromatic nitrogens is 2. The van der Waals surface area contributed by atoms with Crippen molar-refractivity contribution in [3.8, 4) is 23.0 Å². The third kappa shape index (κ3) is 2.81.